The van der Waals surface area contributed by atoms with Gasteiger partial charge in [0, 0.05) is 24.1 Å². The van der Waals surface area contributed by atoms with Crippen LogP contribution in [0.5, 0.6) is 0 Å². The molecule has 0 radical (unpaired) electrons. The lowest BCUT2D eigenvalue weighted by molar-refractivity contribution is -0.143. The summed E-state index contributed by atoms with van der Waals surface area (Å²) in [6.07, 6.45) is 4.87. The summed E-state index contributed by atoms with van der Waals surface area (Å²) in [4.78, 5) is 27.9. The van der Waals surface area contributed by atoms with Gasteiger partial charge in [-0.2, -0.15) is 5.10 Å². The van der Waals surface area contributed by atoms with Crippen molar-refractivity contribution >= 4 is 28.8 Å². The second-order valence-corrected chi connectivity index (χ2v) is 10.1. The van der Waals surface area contributed by atoms with E-state index in [2.05, 4.69) is 5.10 Å². The van der Waals surface area contributed by atoms with Gasteiger partial charge in [-0.3, -0.25) is 9.59 Å². The number of hydrogen-bond acceptors (Lipinski definition) is 5. The van der Waals surface area contributed by atoms with Crippen molar-refractivity contribution in [3.8, 4) is 10.6 Å². The van der Waals surface area contributed by atoms with Crippen LogP contribution in [0.4, 0.5) is 0 Å². The topological polar surface area (TPSA) is 75.4 Å². The average molecular weight is 420 g/mol. The average Bonchev–Trinajstić information content (AvgIpc) is 3.35. The maximum Gasteiger partial charge on any atom is 0.266 e. The van der Waals surface area contributed by atoms with Crippen LogP contribution >= 0.6 is 22.9 Å². The standard InChI is InChI=1S/C20H22ClN3O3S/c21-17-7-6-16(28-17)15-5-8-18(25)23(22-15)11-20(27)9-13-3-4-14(10-20)24(13)19(26)12-1-2-12/h5-8,12-14,27H,1-4,9-11H2. The number of piperidine rings is 1. The van der Waals surface area contributed by atoms with Crippen molar-refractivity contribution in [1.29, 1.82) is 0 Å². The van der Waals surface area contributed by atoms with Crippen LogP contribution in [0.25, 0.3) is 10.6 Å². The Bertz CT molecular complexity index is 969. The van der Waals surface area contributed by atoms with E-state index >= 15 is 0 Å². The van der Waals surface area contributed by atoms with E-state index in [1.54, 1.807) is 12.1 Å². The molecule has 2 atom stereocenters. The molecule has 5 rings (SSSR count). The molecule has 2 bridgehead atoms. The summed E-state index contributed by atoms with van der Waals surface area (Å²) in [5.41, 5.74) is -0.581. The van der Waals surface area contributed by atoms with Gasteiger partial charge in [0.2, 0.25) is 5.91 Å². The highest BCUT2D eigenvalue weighted by Gasteiger charge is 2.51. The van der Waals surface area contributed by atoms with Crippen LogP contribution < -0.4 is 5.56 Å². The minimum Gasteiger partial charge on any atom is -0.388 e. The van der Waals surface area contributed by atoms with Crippen LogP contribution in [0.1, 0.15) is 38.5 Å². The van der Waals surface area contributed by atoms with Gasteiger partial charge < -0.3 is 10.0 Å². The Labute approximate surface area is 171 Å². The minimum atomic E-state index is -1.02. The fraction of sp³-hybridized carbons (Fsp3) is 0.550. The lowest BCUT2D eigenvalue weighted by atomic mass is 9.85. The Balaban J connectivity index is 1.38. The molecule has 6 nitrogen and oxygen atoms in total. The third kappa shape index (κ3) is 3.29. The predicted octanol–water partition coefficient (Wildman–Crippen LogP) is 2.92. The number of halogens is 1. The Morgan fingerprint density at radius 3 is 2.50 bits per heavy atom. The van der Waals surface area contributed by atoms with Crippen molar-refractivity contribution in [3.05, 3.63) is 39.0 Å². The van der Waals surface area contributed by atoms with E-state index in [9.17, 15) is 14.7 Å². The van der Waals surface area contributed by atoms with Gasteiger partial charge in [0.25, 0.3) is 5.56 Å². The first kappa shape index (κ1) is 18.3. The van der Waals surface area contributed by atoms with Crippen molar-refractivity contribution in [3.63, 3.8) is 0 Å². The number of amides is 1. The lowest BCUT2D eigenvalue weighted by Gasteiger charge is -2.44. The van der Waals surface area contributed by atoms with E-state index in [4.69, 9.17) is 11.6 Å². The molecule has 3 fully saturated rings. The number of fused-ring (bicyclic) bond motifs is 2. The number of carbonyl (C=O) groups excluding carboxylic acids is 1. The molecule has 28 heavy (non-hydrogen) atoms. The Morgan fingerprint density at radius 2 is 1.89 bits per heavy atom. The molecule has 0 spiro atoms. The van der Waals surface area contributed by atoms with Crippen molar-refractivity contribution in [1.82, 2.24) is 14.7 Å². The van der Waals surface area contributed by atoms with E-state index in [-0.39, 0.29) is 36.0 Å². The molecule has 1 amide bonds. The first-order valence-corrected chi connectivity index (χ1v) is 11.0. The number of aliphatic hydroxyl groups is 1. The minimum absolute atomic E-state index is 0.0758. The molecule has 8 heteroatoms. The Morgan fingerprint density at radius 1 is 1.18 bits per heavy atom. The third-order valence-electron chi connectivity index (χ3n) is 6.17. The smallest absolute Gasteiger partial charge is 0.266 e. The highest BCUT2D eigenvalue weighted by Crippen LogP contribution is 2.44. The van der Waals surface area contributed by atoms with E-state index in [1.165, 1.54) is 22.1 Å². The van der Waals surface area contributed by atoms with Gasteiger partial charge in [0.15, 0.2) is 0 Å². The highest BCUT2D eigenvalue weighted by atomic mass is 35.5. The molecule has 2 aromatic rings. The van der Waals surface area contributed by atoms with Crippen molar-refractivity contribution in [2.24, 2.45) is 5.92 Å². The van der Waals surface area contributed by atoms with Crippen LogP contribution in [0, 0.1) is 5.92 Å². The molecule has 148 valence electrons. The molecule has 2 saturated heterocycles. The highest BCUT2D eigenvalue weighted by molar-refractivity contribution is 7.19. The van der Waals surface area contributed by atoms with Gasteiger partial charge in [-0.15, -0.1) is 11.3 Å². The van der Waals surface area contributed by atoms with Gasteiger partial charge in [-0.05, 0) is 56.7 Å². The maximum absolute atomic E-state index is 12.6. The number of hydrogen-bond donors (Lipinski definition) is 1. The fourth-order valence-electron chi connectivity index (χ4n) is 4.78. The van der Waals surface area contributed by atoms with E-state index < -0.39 is 5.60 Å². The van der Waals surface area contributed by atoms with Gasteiger partial charge in [-0.25, -0.2) is 4.68 Å². The molecule has 2 unspecified atom stereocenters. The fourth-order valence-corrected chi connectivity index (χ4v) is 5.78. The van der Waals surface area contributed by atoms with Crippen LogP contribution in [0.2, 0.25) is 4.34 Å². The number of carbonyl (C=O) groups is 1. The van der Waals surface area contributed by atoms with Crippen LogP contribution in [-0.4, -0.2) is 43.4 Å². The molecule has 3 aliphatic rings. The molecule has 1 aliphatic carbocycles. The largest absolute Gasteiger partial charge is 0.388 e. The van der Waals surface area contributed by atoms with E-state index in [0.29, 0.717) is 22.9 Å². The van der Waals surface area contributed by atoms with Crippen molar-refractivity contribution in [2.75, 3.05) is 0 Å². The number of rotatable bonds is 4. The second-order valence-electron chi connectivity index (χ2n) is 8.36. The third-order valence-corrected chi connectivity index (χ3v) is 7.42. The number of nitrogens with zero attached hydrogens (tertiary/aromatic N) is 3. The second kappa shape index (κ2) is 6.68. The maximum atomic E-state index is 12.6. The summed E-state index contributed by atoms with van der Waals surface area (Å²) in [7, 11) is 0. The normalized spacial score (nSPS) is 29.3. The van der Waals surface area contributed by atoms with Crippen molar-refractivity contribution < 1.29 is 9.90 Å². The quantitative estimate of drug-likeness (QED) is 0.826. The number of aromatic nitrogens is 2. The molecule has 2 aromatic heterocycles. The molecule has 1 N–H and O–H groups in total. The predicted molar refractivity (Wildman–Crippen MR) is 107 cm³/mol. The first-order valence-electron chi connectivity index (χ1n) is 9.80. The van der Waals surface area contributed by atoms with Gasteiger partial charge in [0.1, 0.15) is 5.69 Å². The molecular weight excluding hydrogens is 398 g/mol. The summed E-state index contributed by atoms with van der Waals surface area (Å²) in [5, 5.41) is 15.8. The monoisotopic (exact) mass is 419 g/mol. The number of thiophene rings is 1. The molecule has 4 heterocycles. The summed E-state index contributed by atoms with van der Waals surface area (Å²) >= 11 is 7.42. The SMILES string of the molecule is O=C(C1CC1)N1C2CCC1CC(O)(Cn1nc(-c3ccc(Cl)s3)ccc1=O)C2. The molecule has 0 aromatic carbocycles. The van der Waals surface area contributed by atoms with Crippen LogP contribution in [-0.2, 0) is 11.3 Å². The lowest BCUT2D eigenvalue weighted by Crippen LogP contribution is -2.55. The van der Waals surface area contributed by atoms with Gasteiger partial charge >= 0.3 is 0 Å². The zero-order chi connectivity index (χ0) is 19.5. The van der Waals surface area contributed by atoms with E-state index in [0.717, 1.165) is 30.6 Å². The summed E-state index contributed by atoms with van der Waals surface area (Å²) in [6, 6.07) is 7.00. The summed E-state index contributed by atoms with van der Waals surface area (Å²) < 4.78 is 2.03. The van der Waals surface area contributed by atoms with Crippen LogP contribution in [0.15, 0.2) is 29.1 Å². The van der Waals surface area contributed by atoms with E-state index in [1.807, 2.05) is 11.0 Å². The Kier molecular flexibility index (Phi) is 4.37. The Hall–Kier alpha value is -1.70. The van der Waals surface area contributed by atoms with Gasteiger partial charge in [-0.1, -0.05) is 11.6 Å². The molecule has 1 saturated carbocycles. The van der Waals surface area contributed by atoms with Crippen LogP contribution in [0.3, 0.4) is 0 Å². The molecule has 2 aliphatic heterocycles. The summed E-state index contributed by atoms with van der Waals surface area (Å²) in [6.45, 7) is 0.150. The van der Waals surface area contributed by atoms with Crippen molar-refractivity contribution in [2.45, 2.75) is 62.8 Å². The molecular formula is C20H22ClN3O3S. The zero-order valence-electron chi connectivity index (χ0n) is 15.4. The van der Waals surface area contributed by atoms with Gasteiger partial charge in [0.05, 0.1) is 21.4 Å². The first-order chi connectivity index (χ1) is 13.4. The zero-order valence-corrected chi connectivity index (χ0v) is 17.0. The summed E-state index contributed by atoms with van der Waals surface area (Å²) in [5.74, 6) is 0.467.